The molecule has 1 aliphatic heterocycles. The number of fused-ring (bicyclic) bond motifs is 1. The molecule has 0 spiro atoms. The van der Waals surface area contributed by atoms with Gasteiger partial charge in [-0.25, -0.2) is 9.37 Å². The number of halogens is 2. The maximum absolute atomic E-state index is 14.0. The minimum Gasteiger partial charge on any atom is -0.469 e. The van der Waals surface area contributed by atoms with Crippen LogP contribution in [-0.2, 0) is 22.5 Å². The molecule has 1 aliphatic rings. The number of nitrogens with zero attached hydrogens (tertiary/aromatic N) is 2. The lowest BCUT2D eigenvalue weighted by atomic mass is 9.98. The predicted molar refractivity (Wildman–Crippen MR) is 76.5 cm³/mol. The molecule has 1 unspecified atom stereocenters. The molecular weight excluding hydrogens is 295 g/mol. The molecule has 1 aromatic heterocycles. The van der Waals surface area contributed by atoms with E-state index in [9.17, 15) is 9.18 Å². The van der Waals surface area contributed by atoms with E-state index in [4.69, 9.17) is 16.3 Å². The van der Waals surface area contributed by atoms with Crippen LogP contribution in [0, 0.1) is 11.7 Å². The minimum atomic E-state index is -0.359. The lowest BCUT2D eigenvalue weighted by molar-refractivity contribution is -0.146. The molecule has 110 valence electrons. The fourth-order valence-corrected chi connectivity index (χ4v) is 3.00. The summed E-state index contributed by atoms with van der Waals surface area (Å²) < 4.78 is 20.6. The zero-order valence-electron chi connectivity index (χ0n) is 11.5. The summed E-state index contributed by atoms with van der Waals surface area (Å²) in [6.45, 7) is 0.408. The van der Waals surface area contributed by atoms with Gasteiger partial charge in [0.1, 0.15) is 11.6 Å². The van der Waals surface area contributed by atoms with Crippen molar-refractivity contribution in [2.45, 2.75) is 19.4 Å². The quantitative estimate of drug-likeness (QED) is 0.801. The molecule has 0 saturated carbocycles. The van der Waals surface area contributed by atoms with E-state index in [-0.39, 0.29) is 17.7 Å². The molecule has 0 radical (unpaired) electrons. The van der Waals surface area contributed by atoms with Gasteiger partial charge in [0, 0.05) is 6.54 Å². The third-order valence-electron chi connectivity index (χ3n) is 3.81. The van der Waals surface area contributed by atoms with E-state index in [0.29, 0.717) is 35.9 Å². The van der Waals surface area contributed by atoms with Gasteiger partial charge in [0.2, 0.25) is 0 Å². The molecule has 0 N–H and O–H groups in total. The van der Waals surface area contributed by atoms with Crippen LogP contribution >= 0.6 is 11.6 Å². The van der Waals surface area contributed by atoms with Crippen LogP contribution in [0.3, 0.4) is 0 Å². The smallest absolute Gasteiger partial charge is 0.310 e. The topological polar surface area (TPSA) is 44.1 Å². The highest BCUT2D eigenvalue weighted by Crippen LogP contribution is 2.33. The number of hydrogen-bond acceptors (Lipinski definition) is 3. The molecule has 1 atom stereocenters. The number of rotatable bonds is 2. The number of carbonyl (C=O) groups excluding carboxylic acids is 1. The van der Waals surface area contributed by atoms with E-state index in [1.165, 1.54) is 13.2 Å². The Bertz CT molecular complexity index is 699. The summed E-state index contributed by atoms with van der Waals surface area (Å²) in [7, 11) is 1.37. The van der Waals surface area contributed by atoms with Gasteiger partial charge in [0.05, 0.1) is 24.3 Å². The van der Waals surface area contributed by atoms with Crippen molar-refractivity contribution in [3.63, 3.8) is 0 Å². The number of methoxy groups -OCH3 is 1. The van der Waals surface area contributed by atoms with Gasteiger partial charge >= 0.3 is 5.97 Å². The number of esters is 1. The maximum atomic E-state index is 14.0. The van der Waals surface area contributed by atoms with Crippen LogP contribution in [0.15, 0.2) is 24.3 Å². The van der Waals surface area contributed by atoms with Crippen LogP contribution in [0.25, 0.3) is 11.4 Å². The summed E-state index contributed by atoms with van der Waals surface area (Å²) in [5, 5.41) is 0.372. The number of benzene rings is 1. The monoisotopic (exact) mass is 308 g/mol. The Morgan fingerprint density at radius 2 is 2.24 bits per heavy atom. The second-order valence-electron chi connectivity index (χ2n) is 5.02. The fraction of sp³-hybridized carbons (Fsp3) is 0.333. The zero-order valence-corrected chi connectivity index (χ0v) is 12.2. The highest BCUT2D eigenvalue weighted by Gasteiger charge is 2.30. The van der Waals surface area contributed by atoms with Gasteiger partial charge in [0.15, 0.2) is 5.15 Å². The molecule has 2 heterocycles. The second kappa shape index (κ2) is 5.48. The molecule has 6 heteroatoms. The van der Waals surface area contributed by atoms with E-state index < -0.39 is 0 Å². The van der Waals surface area contributed by atoms with Crippen molar-refractivity contribution in [3.05, 3.63) is 40.9 Å². The van der Waals surface area contributed by atoms with Gasteiger partial charge in [-0.1, -0.05) is 23.7 Å². The predicted octanol–water partition coefficient (Wildman–Crippen LogP) is 3.08. The summed E-state index contributed by atoms with van der Waals surface area (Å²) in [6.07, 6.45) is 1.29. The van der Waals surface area contributed by atoms with Crippen molar-refractivity contribution in [1.29, 1.82) is 0 Å². The number of imidazole rings is 1. The van der Waals surface area contributed by atoms with Crippen LogP contribution in [-0.4, -0.2) is 22.6 Å². The standard InChI is InChI=1S/C15H14ClFN2O2/c1-21-15(20)9-6-7-12-13(16)18-14(19(12)8-9)10-4-2-3-5-11(10)17/h2-5,9H,6-8H2,1H3. The Kier molecular flexibility index (Phi) is 3.68. The average Bonchev–Trinajstić information content (AvgIpc) is 2.83. The number of carbonyl (C=O) groups is 1. The van der Waals surface area contributed by atoms with Gasteiger partial charge in [-0.3, -0.25) is 4.79 Å². The van der Waals surface area contributed by atoms with E-state index in [0.717, 1.165) is 5.69 Å². The number of hydrogen-bond donors (Lipinski definition) is 0. The first-order valence-electron chi connectivity index (χ1n) is 6.69. The summed E-state index contributed by atoms with van der Waals surface area (Å²) in [5.74, 6) is -0.410. The molecule has 4 nitrogen and oxygen atoms in total. The molecule has 3 rings (SSSR count). The molecule has 2 aromatic rings. The normalized spacial score (nSPS) is 17.4. The van der Waals surface area contributed by atoms with Gasteiger partial charge in [0.25, 0.3) is 0 Å². The van der Waals surface area contributed by atoms with Crippen LogP contribution < -0.4 is 0 Å². The fourth-order valence-electron chi connectivity index (χ4n) is 2.72. The zero-order chi connectivity index (χ0) is 15.0. The first kappa shape index (κ1) is 14.1. The largest absolute Gasteiger partial charge is 0.469 e. The van der Waals surface area contributed by atoms with E-state index in [1.807, 2.05) is 4.57 Å². The molecule has 0 fully saturated rings. The van der Waals surface area contributed by atoms with Crippen LogP contribution in [0.2, 0.25) is 5.15 Å². The Morgan fingerprint density at radius 3 is 2.95 bits per heavy atom. The SMILES string of the molecule is COC(=O)C1CCc2c(Cl)nc(-c3ccccc3F)n2C1. The van der Waals surface area contributed by atoms with Gasteiger partial charge in [-0.05, 0) is 25.0 Å². The van der Waals surface area contributed by atoms with Crippen molar-refractivity contribution in [2.75, 3.05) is 7.11 Å². The lowest BCUT2D eigenvalue weighted by Gasteiger charge is -2.23. The second-order valence-corrected chi connectivity index (χ2v) is 5.38. The molecule has 0 amide bonds. The van der Waals surface area contributed by atoms with Crippen molar-refractivity contribution >= 4 is 17.6 Å². The van der Waals surface area contributed by atoms with Crippen molar-refractivity contribution in [2.24, 2.45) is 5.92 Å². The van der Waals surface area contributed by atoms with Gasteiger partial charge < -0.3 is 9.30 Å². The summed E-state index contributed by atoms with van der Waals surface area (Å²) in [5.41, 5.74) is 1.23. The van der Waals surface area contributed by atoms with Gasteiger partial charge in [-0.2, -0.15) is 0 Å². The molecule has 21 heavy (non-hydrogen) atoms. The highest BCUT2D eigenvalue weighted by atomic mass is 35.5. The third kappa shape index (κ3) is 2.42. The van der Waals surface area contributed by atoms with Crippen LogP contribution in [0.1, 0.15) is 12.1 Å². The van der Waals surface area contributed by atoms with Crippen LogP contribution in [0.4, 0.5) is 4.39 Å². The summed E-state index contributed by atoms with van der Waals surface area (Å²) >= 11 is 6.16. The third-order valence-corrected chi connectivity index (χ3v) is 4.11. The van der Waals surface area contributed by atoms with E-state index >= 15 is 0 Å². The summed E-state index contributed by atoms with van der Waals surface area (Å²) in [4.78, 5) is 16.0. The molecule has 0 saturated heterocycles. The first-order valence-corrected chi connectivity index (χ1v) is 7.07. The van der Waals surface area contributed by atoms with Crippen molar-refractivity contribution < 1.29 is 13.9 Å². The van der Waals surface area contributed by atoms with E-state index in [1.54, 1.807) is 18.2 Å². The lowest BCUT2D eigenvalue weighted by Crippen LogP contribution is -2.28. The van der Waals surface area contributed by atoms with Gasteiger partial charge in [-0.15, -0.1) is 0 Å². The Labute approximate surface area is 126 Å². The maximum Gasteiger partial charge on any atom is 0.310 e. The Balaban J connectivity index is 2.06. The molecule has 1 aromatic carbocycles. The van der Waals surface area contributed by atoms with Crippen LogP contribution in [0.5, 0.6) is 0 Å². The highest BCUT2D eigenvalue weighted by molar-refractivity contribution is 6.30. The Morgan fingerprint density at radius 1 is 1.48 bits per heavy atom. The molecule has 0 bridgehead atoms. The minimum absolute atomic E-state index is 0.252. The Hall–Kier alpha value is -1.88. The number of aromatic nitrogens is 2. The van der Waals surface area contributed by atoms with Crippen molar-refractivity contribution in [1.82, 2.24) is 9.55 Å². The average molecular weight is 309 g/mol. The van der Waals surface area contributed by atoms with Crippen molar-refractivity contribution in [3.8, 4) is 11.4 Å². The van der Waals surface area contributed by atoms with E-state index in [2.05, 4.69) is 4.98 Å². The molecule has 0 aliphatic carbocycles. The molecular formula is C15H14ClFN2O2. The first-order chi connectivity index (χ1) is 10.1. The summed E-state index contributed by atoms with van der Waals surface area (Å²) in [6, 6.07) is 6.40. The number of ether oxygens (including phenoxy) is 1.